The van der Waals surface area contributed by atoms with E-state index >= 15 is 0 Å². The number of hydrogen-bond acceptors (Lipinski definition) is 3. The molecule has 114 valence electrons. The van der Waals surface area contributed by atoms with Gasteiger partial charge in [-0.2, -0.15) is 0 Å². The number of benzene rings is 1. The Morgan fingerprint density at radius 2 is 1.81 bits per heavy atom. The second-order valence-corrected chi connectivity index (χ2v) is 6.45. The van der Waals surface area contributed by atoms with E-state index in [0.29, 0.717) is 11.6 Å². The van der Waals surface area contributed by atoms with Crippen LogP contribution >= 0.6 is 0 Å². The number of rotatable bonds is 3. The number of nitrogens with one attached hydrogen (secondary N) is 1. The van der Waals surface area contributed by atoms with Gasteiger partial charge in [-0.3, -0.25) is 0 Å². The maximum atomic E-state index is 11.5. The third-order valence-corrected chi connectivity index (χ3v) is 5.24. The Morgan fingerprint density at radius 1 is 1.10 bits per heavy atom. The van der Waals surface area contributed by atoms with Gasteiger partial charge in [0.1, 0.15) is 0 Å². The highest BCUT2D eigenvalue weighted by molar-refractivity contribution is 5.89. The molecule has 1 aromatic rings. The van der Waals surface area contributed by atoms with Gasteiger partial charge in [0.15, 0.2) is 0 Å². The van der Waals surface area contributed by atoms with E-state index in [0.717, 1.165) is 18.4 Å². The highest BCUT2D eigenvalue weighted by Crippen LogP contribution is 2.39. The van der Waals surface area contributed by atoms with Crippen molar-refractivity contribution < 1.29 is 9.53 Å². The van der Waals surface area contributed by atoms with Crippen LogP contribution in [-0.2, 0) is 4.74 Å². The molecule has 3 heteroatoms. The predicted octanol–water partition coefficient (Wildman–Crippen LogP) is 3.70. The van der Waals surface area contributed by atoms with E-state index < -0.39 is 0 Å². The van der Waals surface area contributed by atoms with Crippen LogP contribution in [0, 0.1) is 11.8 Å². The third kappa shape index (κ3) is 3.29. The van der Waals surface area contributed by atoms with Crippen molar-refractivity contribution in [2.24, 2.45) is 11.8 Å². The van der Waals surface area contributed by atoms with E-state index in [4.69, 9.17) is 4.74 Å². The topological polar surface area (TPSA) is 38.3 Å². The Labute approximate surface area is 127 Å². The van der Waals surface area contributed by atoms with Crippen LogP contribution in [0.4, 0.5) is 0 Å². The van der Waals surface area contributed by atoms with Crippen molar-refractivity contribution in [3.63, 3.8) is 0 Å². The lowest BCUT2D eigenvalue weighted by atomic mass is 9.79. The van der Waals surface area contributed by atoms with Crippen molar-refractivity contribution in [3.05, 3.63) is 35.4 Å². The van der Waals surface area contributed by atoms with Crippen molar-refractivity contribution in [3.8, 4) is 0 Å². The summed E-state index contributed by atoms with van der Waals surface area (Å²) in [5, 5.41) is 3.64. The highest BCUT2D eigenvalue weighted by atomic mass is 16.5. The molecule has 0 bridgehead atoms. The Bertz CT molecular complexity index is 476. The van der Waals surface area contributed by atoms with E-state index in [1.165, 1.54) is 51.2 Å². The van der Waals surface area contributed by atoms with E-state index in [-0.39, 0.29) is 5.97 Å². The summed E-state index contributed by atoms with van der Waals surface area (Å²) in [6.07, 6.45) is 8.27. The summed E-state index contributed by atoms with van der Waals surface area (Å²) >= 11 is 0. The van der Waals surface area contributed by atoms with Gasteiger partial charge in [0.2, 0.25) is 0 Å². The second kappa shape index (κ2) is 6.61. The van der Waals surface area contributed by atoms with Crippen molar-refractivity contribution in [1.29, 1.82) is 0 Å². The Morgan fingerprint density at radius 3 is 2.48 bits per heavy atom. The van der Waals surface area contributed by atoms with Gasteiger partial charge in [0.25, 0.3) is 0 Å². The van der Waals surface area contributed by atoms with E-state index in [1.54, 1.807) is 0 Å². The zero-order chi connectivity index (χ0) is 14.7. The molecule has 3 rings (SSSR count). The van der Waals surface area contributed by atoms with Gasteiger partial charge >= 0.3 is 5.97 Å². The molecule has 0 aromatic heterocycles. The molecular weight excluding hydrogens is 262 g/mol. The van der Waals surface area contributed by atoms with Crippen LogP contribution in [0.1, 0.15) is 60.5 Å². The zero-order valence-electron chi connectivity index (χ0n) is 12.8. The minimum atomic E-state index is -0.262. The Balaban J connectivity index is 1.66. The molecule has 1 aliphatic carbocycles. The van der Waals surface area contributed by atoms with Gasteiger partial charge < -0.3 is 10.1 Å². The summed E-state index contributed by atoms with van der Waals surface area (Å²) in [5.74, 6) is 1.56. The summed E-state index contributed by atoms with van der Waals surface area (Å²) in [5.41, 5.74) is 1.93. The SMILES string of the molecule is COC(=O)c1ccc([C@@H]2C[C@@H](C3CCCC3)CCN2)cc1. The number of carbonyl (C=O) groups excluding carboxylic acids is 1. The number of ether oxygens (including phenoxy) is 1. The Kier molecular flexibility index (Phi) is 4.59. The Hall–Kier alpha value is -1.35. The lowest BCUT2D eigenvalue weighted by Gasteiger charge is -2.34. The number of carbonyl (C=O) groups is 1. The maximum Gasteiger partial charge on any atom is 0.337 e. The van der Waals surface area contributed by atoms with Crippen LogP contribution in [0.15, 0.2) is 24.3 Å². The molecule has 1 heterocycles. The summed E-state index contributed by atoms with van der Waals surface area (Å²) < 4.78 is 4.75. The predicted molar refractivity (Wildman–Crippen MR) is 83.2 cm³/mol. The lowest BCUT2D eigenvalue weighted by molar-refractivity contribution is 0.0600. The minimum absolute atomic E-state index is 0.262. The first-order chi connectivity index (χ1) is 10.3. The molecule has 1 aliphatic heterocycles. The molecule has 21 heavy (non-hydrogen) atoms. The fourth-order valence-electron chi connectivity index (χ4n) is 4.03. The maximum absolute atomic E-state index is 11.5. The van der Waals surface area contributed by atoms with Crippen molar-refractivity contribution in [1.82, 2.24) is 5.32 Å². The monoisotopic (exact) mass is 287 g/mol. The standard InChI is InChI=1S/C18H25NO2/c1-21-18(20)15-8-6-14(7-9-15)17-12-16(10-11-19-17)13-4-2-3-5-13/h6-9,13,16-17,19H,2-5,10-12H2,1H3/t16-,17-/m0/s1. The van der Waals surface area contributed by atoms with Crippen LogP contribution in [0.3, 0.4) is 0 Å². The van der Waals surface area contributed by atoms with Crippen molar-refractivity contribution in [2.45, 2.75) is 44.6 Å². The molecule has 1 saturated heterocycles. The van der Waals surface area contributed by atoms with Crippen LogP contribution in [0.5, 0.6) is 0 Å². The summed E-state index contributed by atoms with van der Waals surface area (Å²) in [6.45, 7) is 1.12. The molecule has 0 spiro atoms. The van der Waals surface area contributed by atoms with Gasteiger partial charge in [-0.25, -0.2) is 4.79 Å². The second-order valence-electron chi connectivity index (χ2n) is 6.45. The lowest BCUT2D eigenvalue weighted by Crippen LogP contribution is -2.34. The normalized spacial score (nSPS) is 26.7. The molecule has 1 saturated carbocycles. The van der Waals surface area contributed by atoms with Gasteiger partial charge in [0, 0.05) is 6.04 Å². The zero-order valence-corrected chi connectivity index (χ0v) is 12.8. The smallest absolute Gasteiger partial charge is 0.337 e. The van der Waals surface area contributed by atoms with Crippen LogP contribution in [0.2, 0.25) is 0 Å². The highest BCUT2D eigenvalue weighted by Gasteiger charge is 2.30. The number of hydrogen-bond donors (Lipinski definition) is 1. The molecule has 3 nitrogen and oxygen atoms in total. The molecule has 0 unspecified atom stereocenters. The third-order valence-electron chi connectivity index (χ3n) is 5.24. The van der Waals surface area contributed by atoms with E-state index in [1.807, 2.05) is 12.1 Å². The first-order valence-electron chi connectivity index (χ1n) is 8.19. The summed E-state index contributed by atoms with van der Waals surface area (Å²) in [4.78, 5) is 11.5. The molecular formula is C18H25NO2. The average Bonchev–Trinajstić information content (AvgIpc) is 3.09. The molecule has 0 amide bonds. The summed E-state index contributed by atoms with van der Waals surface area (Å²) in [6, 6.07) is 8.34. The fourth-order valence-corrected chi connectivity index (χ4v) is 4.03. The first kappa shape index (κ1) is 14.6. The minimum Gasteiger partial charge on any atom is -0.465 e. The molecule has 1 N–H and O–H groups in total. The van der Waals surface area contributed by atoms with Crippen LogP contribution in [0.25, 0.3) is 0 Å². The molecule has 0 radical (unpaired) electrons. The van der Waals surface area contributed by atoms with E-state index in [2.05, 4.69) is 17.4 Å². The van der Waals surface area contributed by atoms with Gasteiger partial charge in [-0.05, 0) is 48.9 Å². The molecule has 2 fully saturated rings. The molecule has 2 atom stereocenters. The van der Waals surface area contributed by atoms with Crippen molar-refractivity contribution >= 4 is 5.97 Å². The molecule has 1 aromatic carbocycles. The summed E-state index contributed by atoms with van der Waals surface area (Å²) in [7, 11) is 1.42. The van der Waals surface area contributed by atoms with Crippen molar-refractivity contribution in [2.75, 3.05) is 13.7 Å². The first-order valence-corrected chi connectivity index (χ1v) is 8.19. The molecule has 2 aliphatic rings. The average molecular weight is 287 g/mol. The fraction of sp³-hybridized carbons (Fsp3) is 0.611. The quantitative estimate of drug-likeness (QED) is 0.861. The van der Waals surface area contributed by atoms with E-state index in [9.17, 15) is 4.79 Å². The largest absolute Gasteiger partial charge is 0.465 e. The van der Waals surface area contributed by atoms with Crippen LogP contribution in [-0.4, -0.2) is 19.6 Å². The van der Waals surface area contributed by atoms with Gasteiger partial charge in [-0.1, -0.05) is 37.8 Å². The van der Waals surface area contributed by atoms with Gasteiger partial charge in [-0.15, -0.1) is 0 Å². The number of piperidine rings is 1. The number of methoxy groups -OCH3 is 1. The number of esters is 1. The van der Waals surface area contributed by atoms with Gasteiger partial charge in [0.05, 0.1) is 12.7 Å². The van der Waals surface area contributed by atoms with Crippen LogP contribution < -0.4 is 5.32 Å².